The maximum absolute atomic E-state index is 10.9. The van der Waals surface area contributed by atoms with Crippen LogP contribution in [-0.2, 0) is 9.84 Å². The third-order valence-corrected chi connectivity index (χ3v) is 3.04. The van der Waals surface area contributed by atoms with Crippen molar-refractivity contribution in [3.8, 4) is 0 Å². The zero-order chi connectivity index (χ0) is 9.90. The van der Waals surface area contributed by atoms with Crippen LogP contribution >= 0.6 is 0 Å². The van der Waals surface area contributed by atoms with Crippen LogP contribution in [-0.4, -0.2) is 26.5 Å². The van der Waals surface area contributed by atoms with E-state index in [9.17, 15) is 8.42 Å². The average molecular weight is 203 g/mol. The predicted octanol–water partition coefficient (Wildman–Crippen LogP) is 0.859. The molecule has 1 rings (SSSR count). The van der Waals surface area contributed by atoms with Crippen LogP contribution in [0.3, 0.4) is 0 Å². The SMILES string of the molecule is CS(=O)(=O)C/C=C1/CCCC(N)C1. The summed E-state index contributed by atoms with van der Waals surface area (Å²) >= 11 is 0. The van der Waals surface area contributed by atoms with Crippen LogP contribution in [0.5, 0.6) is 0 Å². The first-order valence-corrected chi connectivity index (χ1v) is 6.64. The highest BCUT2D eigenvalue weighted by molar-refractivity contribution is 7.90. The second-order valence-electron chi connectivity index (χ2n) is 3.81. The maximum Gasteiger partial charge on any atom is 0.151 e. The highest BCUT2D eigenvalue weighted by Gasteiger charge is 2.13. The smallest absolute Gasteiger partial charge is 0.151 e. The van der Waals surface area contributed by atoms with Crippen LogP contribution in [0.4, 0.5) is 0 Å². The van der Waals surface area contributed by atoms with Crippen molar-refractivity contribution in [2.24, 2.45) is 5.73 Å². The van der Waals surface area contributed by atoms with Crippen LogP contribution in [0.1, 0.15) is 25.7 Å². The van der Waals surface area contributed by atoms with Crippen molar-refractivity contribution in [1.29, 1.82) is 0 Å². The lowest BCUT2D eigenvalue weighted by atomic mass is 9.91. The van der Waals surface area contributed by atoms with E-state index in [4.69, 9.17) is 5.73 Å². The van der Waals surface area contributed by atoms with Crippen LogP contribution < -0.4 is 5.73 Å². The molecular weight excluding hydrogens is 186 g/mol. The molecule has 2 N–H and O–H groups in total. The Bertz CT molecular complexity index is 293. The van der Waals surface area contributed by atoms with Gasteiger partial charge in [0.2, 0.25) is 0 Å². The number of hydrogen-bond acceptors (Lipinski definition) is 3. The van der Waals surface area contributed by atoms with Gasteiger partial charge in [0.05, 0.1) is 5.75 Å². The van der Waals surface area contributed by atoms with Crippen LogP contribution in [0, 0.1) is 0 Å². The monoisotopic (exact) mass is 203 g/mol. The van der Waals surface area contributed by atoms with Gasteiger partial charge in [0, 0.05) is 12.3 Å². The first-order valence-electron chi connectivity index (χ1n) is 4.58. The van der Waals surface area contributed by atoms with Gasteiger partial charge in [-0.15, -0.1) is 0 Å². The zero-order valence-corrected chi connectivity index (χ0v) is 8.81. The van der Waals surface area contributed by atoms with E-state index in [-0.39, 0.29) is 11.8 Å². The highest BCUT2D eigenvalue weighted by atomic mass is 32.2. The number of nitrogens with two attached hydrogens (primary N) is 1. The van der Waals surface area contributed by atoms with Gasteiger partial charge in [0.15, 0.2) is 9.84 Å². The Balaban J connectivity index is 2.51. The Labute approximate surface area is 79.9 Å². The van der Waals surface area contributed by atoms with Gasteiger partial charge in [-0.05, 0) is 25.7 Å². The van der Waals surface area contributed by atoms with Crippen LogP contribution in [0.25, 0.3) is 0 Å². The summed E-state index contributed by atoms with van der Waals surface area (Å²) in [7, 11) is -2.86. The Kier molecular flexibility index (Phi) is 3.50. The lowest BCUT2D eigenvalue weighted by Crippen LogP contribution is -2.24. The van der Waals surface area contributed by atoms with Gasteiger partial charge in [-0.25, -0.2) is 8.42 Å². The van der Waals surface area contributed by atoms with Gasteiger partial charge >= 0.3 is 0 Å². The van der Waals surface area contributed by atoms with E-state index < -0.39 is 9.84 Å². The quantitative estimate of drug-likeness (QED) is 0.677. The predicted molar refractivity (Wildman–Crippen MR) is 54.2 cm³/mol. The Morgan fingerprint density at radius 2 is 2.31 bits per heavy atom. The highest BCUT2D eigenvalue weighted by Crippen LogP contribution is 2.21. The van der Waals surface area contributed by atoms with E-state index in [1.54, 1.807) is 0 Å². The third kappa shape index (κ3) is 4.43. The van der Waals surface area contributed by atoms with Crippen molar-refractivity contribution < 1.29 is 8.42 Å². The van der Waals surface area contributed by atoms with Gasteiger partial charge in [0.25, 0.3) is 0 Å². The fourth-order valence-electron chi connectivity index (χ4n) is 1.59. The molecule has 0 amide bonds. The number of sulfone groups is 1. The van der Waals surface area contributed by atoms with Gasteiger partial charge in [0.1, 0.15) is 0 Å². The van der Waals surface area contributed by atoms with Crippen molar-refractivity contribution in [3.05, 3.63) is 11.6 Å². The molecule has 3 nitrogen and oxygen atoms in total. The standard InChI is InChI=1S/C9H17NO2S/c1-13(11,12)6-5-8-3-2-4-9(10)7-8/h5,9H,2-4,6-7,10H2,1H3/b8-5-. The van der Waals surface area contributed by atoms with E-state index in [0.717, 1.165) is 25.7 Å². The minimum atomic E-state index is -2.86. The third-order valence-electron chi connectivity index (χ3n) is 2.27. The minimum absolute atomic E-state index is 0.162. The summed E-state index contributed by atoms with van der Waals surface area (Å²) < 4.78 is 21.8. The molecular formula is C9H17NO2S. The fourth-order valence-corrected chi connectivity index (χ4v) is 2.13. The summed E-state index contributed by atoms with van der Waals surface area (Å²) in [6.45, 7) is 0. The molecule has 76 valence electrons. The topological polar surface area (TPSA) is 60.2 Å². The fraction of sp³-hybridized carbons (Fsp3) is 0.778. The molecule has 0 spiro atoms. The van der Waals surface area contributed by atoms with E-state index in [1.807, 2.05) is 6.08 Å². The summed E-state index contributed by atoms with van der Waals surface area (Å²) in [4.78, 5) is 0. The molecule has 0 radical (unpaired) electrons. The maximum atomic E-state index is 10.9. The second-order valence-corrected chi connectivity index (χ2v) is 6.00. The largest absolute Gasteiger partial charge is 0.327 e. The van der Waals surface area contributed by atoms with Gasteiger partial charge in [-0.3, -0.25) is 0 Å². The van der Waals surface area contributed by atoms with E-state index in [1.165, 1.54) is 11.8 Å². The first-order chi connectivity index (χ1) is 5.97. The number of rotatable bonds is 2. The van der Waals surface area contributed by atoms with Crippen LogP contribution in [0.2, 0.25) is 0 Å². The molecule has 1 aliphatic carbocycles. The van der Waals surface area contributed by atoms with Crippen LogP contribution in [0.15, 0.2) is 11.6 Å². The summed E-state index contributed by atoms with van der Waals surface area (Å²) in [5.74, 6) is 0.162. The summed E-state index contributed by atoms with van der Waals surface area (Å²) in [5.41, 5.74) is 6.99. The summed E-state index contributed by atoms with van der Waals surface area (Å²) in [5, 5.41) is 0. The second kappa shape index (κ2) is 4.24. The molecule has 0 saturated heterocycles. The lowest BCUT2D eigenvalue weighted by molar-refractivity contribution is 0.517. The van der Waals surface area contributed by atoms with Crippen molar-refractivity contribution in [3.63, 3.8) is 0 Å². The zero-order valence-electron chi connectivity index (χ0n) is 7.99. The molecule has 4 heteroatoms. The van der Waals surface area contributed by atoms with E-state index in [2.05, 4.69) is 0 Å². The van der Waals surface area contributed by atoms with Gasteiger partial charge in [-0.1, -0.05) is 11.6 Å². The molecule has 0 heterocycles. The summed E-state index contributed by atoms with van der Waals surface area (Å²) in [6.07, 6.45) is 7.13. The normalized spacial score (nSPS) is 27.8. The van der Waals surface area contributed by atoms with E-state index in [0.29, 0.717) is 0 Å². The van der Waals surface area contributed by atoms with Crippen molar-refractivity contribution in [1.82, 2.24) is 0 Å². The lowest BCUT2D eigenvalue weighted by Gasteiger charge is -2.20. The molecule has 0 aromatic heterocycles. The Hall–Kier alpha value is -0.350. The Morgan fingerprint density at radius 1 is 1.62 bits per heavy atom. The molecule has 1 unspecified atom stereocenters. The average Bonchev–Trinajstić information content (AvgIpc) is 2.00. The molecule has 1 saturated carbocycles. The molecule has 0 bridgehead atoms. The van der Waals surface area contributed by atoms with Crippen molar-refractivity contribution >= 4 is 9.84 Å². The Morgan fingerprint density at radius 3 is 2.85 bits per heavy atom. The molecule has 0 aromatic carbocycles. The van der Waals surface area contributed by atoms with Gasteiger partial charge < -0.3 is 5.73 Å². The molecule has 0 aromatic rings. The van der Waals surface area contributed by atoms with Crippen molar-refractivity contribution in [2.45, 2.75) is 31.7 Å². The van der Waals surface area contributed by atoms with Crippen molar-refractivity contribution in [2.75, 3.05) is 12.0 Å². The summed E-state index contributed by atoms with van der Waals surface area (Å²) in [6, 6.07) is 0.236. The molecule has 1 atom stereocenters. The minimum Gasteiger partial charge on any atom is -0.327 e. The first kappa shape index (κ1) is 10.7. The molecule has 13 heavy (non-hydrogen) atoms. The molecule has 1 fully saturated rings. The number of hydrogen-bond donors (Lipinski definition) is 1. The molecule has 1 aliphatic rings. The van der Waals surface area contributed by atoms with E-state index >= 15 is 0 Å². The van der Waals surface area contributed by atoms with Gasteiger partial charge in [-0.2, -0.15) is 0 Å². The molecule has 0 aliphatic heterocycles.